The standard InChI is InChI=1S/C15H21N5O2S.C2HF3O2/c1-11-9-23-15(18-11)7-19-5-12-3-16-10-20(12)13(6-19)4-17-14(21)8-22-2;3-2(4,5)1(6)7/h3,9-10,13H,4-8H2,1-2H3,(H,17,21);(H,6,7). The lowest BCUT2D eigenvalue weighted by Gasteiger charge is -2.34. The van der Waals surface area contributed by atoms with Gasteiger partial charge in [0.15, 0.2) is 0 Å². The summed E-state index contributed by atoms with van der Waals surface area (Å²) in [6, 6.07) is 0.170. The monoisotopic (exact) mass is 449 g/mol. The zero-order valence-electron chi connectivity index (χ0n) is 16.3. The molecule has 0 aliphatic carbocycles. The second kappa shape index (κ2) is 10.5. The summed E-state index contributed by atoms with van der Waals surface area (Å²) in [5, 5.41) is 13.2. The molecule has 1 atom stereocenters. The van der Waals surface area contributed by atoms with Gasteiger partial charge in [0.05, 0.1) is 24.6 Å². The number of fused-ring (bicyclic) bond motifs is 1. The normalized spacial score (nSPS) is 16.4. The molecule has 3 heterocycles. The first kappa shape index (κ1) is 23.8. The third-order valence-corrected chi connectivity index (χ3v) is 5.02. The van der Waals surface area contributed by atoms with Gasteiger partial charge >= 0.3 is 12.1 Å². The second-order valence-corrected chi connectivity index (χ2v) is 7.48. The number of methoxy groups -OCH3 is 1. The largest absolute Gasteiger partial charge is 0.490 e. The third kappa shape index (κ3) is 7.07. The van der Waals surface area contributed by atoms with Crippen LogP contribution in [-0.2, 0) is 27.4 Å². The van der Waals surface area contributed by atoms with Gasteiger partial charge in [0.1, 0.15) is 11.6 Å². The number of nitrogens with zero attached hydrogens (tertiary/aromatic N) is 4. The van der Waals surface area contributed by atoms with E-state index < -0.39 is 12.1 Å². The molecule has 9 nitrogen and oxygen atoms in total. The van der Waals surface area contributed by atoms with Gasteiger partial charge in [-0.1, -0.05) is 0 Å². The number of thiazole rings is 1. The van der Waals surface area contributed by atoms with E-state index in [9.17, 15) is 18.0 Å². The topological polar surface area (TPSA) is 110 Å². The van der Waals surface area contributed by atoms with Crippen LogP contribution in [0.3, 0.4) is 0 Å². The maximum atomic E-state index is 11.6. The molecule has 3 rings (SSSR count). The van der Waals surface area contributed by atoms with Crippen molar-refractivity contribution in [2.24, 2.45) is 0 Å². The van der Waals surface area contributed by atoms with Crippen molar-refractivity contribution in [1.82, 2.24) is 24.8 Å². The number of aryl methyl sites for hydroxylation is 1. The molecule has 0 spiro atoms. The number of carboxylic acid groups (broad SMARTS) is 1. The number of hydrogen-bond donors (Lipinski definition) is 2. The number of imidazole rings is 1. The van der Waals surface area contributed by atoms with Gasteiger partial charge in [-0.15, -0.1) is 11.3 Å². The summed E-state index contributed by atoms with van der Waals surface area (Å²) in [7, 11) is 1.52. The number of alkyl halides is 3. The number of carboxylic acids is 1. The van der Waals surface area contributed by atoms with E-state index in [0.29, 0.717) is 6.54 Å². The van der Waals surface area contributed by atoms with Crippen LogP contribution in [0.1, 0.15) is 22.4 Å². The lowest BCUT2D eigenvalue weighted by Crippen LogP contribution is -2.42. The predicted molar refractivity (Wildman–Crippen MR) is 101 cm³/mol. The van der Waals surface area contributed by atoms with Crippen molar-refractivity contribution in [3.05, 3.63) is 34.3 Å². The number of ether oxygens (including phenoxy) is 1. The van der Waals surface area contributed by atoms with Crippen LogP contribution < -0.4 is 5.32 Å². The summed E-state index contributed by atoms with van der Waals surface area (Å²) in [6.07, 6.45) is -1.35. The van der Waals surface area contributed by atoms with Gasteiger partial charge < -0.3 is 19.7 Å². The Morgan fingerprint density at radius 3 is 2.70 bits per heavy atom. The minimum absolute atomic E-state index is 0.0889. The minimum Gasteiger partial charge on any atom is -0.475 e. The molecular weight excluding hydrogens is 427 g/mol. The van der Waals surface area contributed by atoms with Crippen LogP contribution in [0.15, 0.2) is 17.9 Å². The Morgan fingerprint density at radius 1 is 1.43 bits per heavy atom. The Kier molecular flexibility index (Phi) is 8.32. The molecule has 0 saturated heterocycles. The highest BCUT2D eigenvalue weighted by Crippen LogP contribution is 2.23. The summed E-state index contributed by atoms with van der Waals surface area (Å²) in [6.45, 7) is 5.20. The zero-order valence-corrected chi connectivity index (χ0v) is 17.2. The number of nitrogens with one attached hydrogen (secondary N) is 1. The summed E-state index contributed by atoms with van der Waals surface area (Å²) < 4.78 is 38.7. The first-order valence-electron chi connectivity index (χ1n) is 8.80. The van der Waals surface area contributed by atoms with Crippen molar-refractivity contribution < 1.29 is 32.6 Å². The molecule has 1 unspecified atom stereocenters. The average Bonchev–Trinajstić information content (AvgIpc) is 3.28. The summed E-state index contributed by atoms with van der Waals surface area (Å²) in [4.78, 5) is 31.7. The number of aliphatic carboxylic acids is 1. The highest BCUT2D eigenvalue weighted by Gasteiger charge is 2.38. The number of halogens is 3. The van der Waals surface area contributed by atoms with Crippen LogP contribution in [0.4, 0.5) is 13.2 Å². The summed E-state index contributed by atoms with van der Waals surface area (Å²) >= 11 is 1.69. The van der Waals surface area contributed by atoms with Gasteiger partial charge in [0.25, 0.3) is 0 Å². The molecule has 13 heteroatoms. The Bertz CT molecular complexity index is 855. The molecule has 30 heavy (non-hydrogen) atoms. The van der Waals surface area contributed by atoms with E-state index in [4.69, 9.17) is 14.6 Å². The van der Waals surface area contributed by atoms with E-state index >= 15 is 0 Å². The van der Waals surface area contributed by atoms with Gasteiger partial charge in [-0.2, -0.15) is 13.2 Å². The number of carbonyl (C=O) groups is 2. The summed E-state index contributed by atoms with van der Waals surface area (Å²) in [5.41, 5.74) is 2.23. The fourth-order valence-corrected chi connectivity index (χ4v) is 3.64. The Hall–Kier alpha value is -2.51. The highest BCUT2D eigenvalue weighted by molar-refractivity contribution is 7.09. The molecule has 166 valence electrons. The minimum atomic E-state index is -5.08. The average molecular weight is 449 g/mol. The van der Waals surface area contributed by atoms with Crippen LogP contribution in [0.25, 0.3) is 0 Å². The van der Waals surface area contributed by atoms with Crippen molar-refractivity contribution in [1.29, 1.82) is 0 Å². The van der Waals surface area contributed by atoms with Crippen molar-refractivity contribution >= 4 is 23.2 Å². The number of rotatable bonds is 6. The van der Waals surface area contributed by atoms with Gasteiger partial charge in [-0.25, -0.2) is 14.8 Å². The molecule has 0 radical (unpaired) electrons. The highest BCUT2D eigenvalue weighted by atomic mass is 32.1. The van der Waals surface area contributed by atoms with E-state index in [1.807, 2.05) is 19.4 Å². The molecule has 1 aliphatic rings. The number of hydrogen-bond acceptors (Lipinski definition) is 7. The van der Waals surface area contributed by atoms with Crippen molar-refractivity contribution in [3.8, 4) is 0 Å². The van der Waals surface area contributed by atoms with Crippen LogP contribution in [0, 0.1) is 6.92 Å². The van der Waals surface area contributed by atoms with E-state index in [0.717, 1.165) is 36.0 Å². The van der Waals surface area contributed by atoms with E-state index in [1.165, 1.54) is 7.11 Å². The molecule has 2 aromatic heterocycles. The lowest BCUT2D eigenvalue weighted by atomic mass is 10.2. The van der Waals surface area contributed by atoms with Gasteiger partial charge in [-0.05, 0) is 6.92 Å². The number of amides is 1. The molecule has 1 aliphatic heterocycles. The molecule has 1 amide bonds. The fourth-order valence-electron chi connectivity index (χ4n) is 2.83. The van der Waals surface area contributed by atoms with Crippen LogP contribution in [0.5, 0.6) is 0 Å². The van der Waals surface area contributed by atoms with Crippen LogP contribution >= 0.6 is 11.3 Å². The number of carbonyl (C=O) groups excluding carboxylic acids is 1. The molecule has 2 N–H and O–H groups in total. The first-order chi connectivity index (χ1) is 14.1. The summed E-state index contributed by atoms with van der Waals surface area (Å²) in [5.74, 6) is -2.85. The molecule has 0 aromatic carbocycles. The van der Waals surface area contributed by atoms with Gasteiger partial charge in [0.2, 0.25) is 5.91 Å². The second-order valence-electron chi connectivity index (χ2n) is 6.54. The fraction of sp³-hybridized carbons (Fsp3) is 0.529. The van der Waals surface area contributed by atoms with Crippen LogP contribution in [0.2, 0.25) is 0 Å². The molecule has 0 bridgehead atoms. The number of aromatic nitrogens is 3. The molecule has 0 fully saturated rings. The first-order valence-corrected chi connectivity index (χ1v) is 9.68. The third-order valence-electron chi connectivity index (χ3n) is 4.07. The van der Waals surface area contributed by atoms with Gasteiger partial charge in [0, 0.05) is 44.0 Å². The quantitative estimate of drug-likeness (QED) is 0.689. The van der Waals surface area contributed by atoms with Crippen LogP contribution in [-0.4, -0.2) is 69.4 Å². The smallest absolute Gasteiger partial charge is 0.475 e. The SMILES string of the molecule is COCC(=O)NCC1CN(Cc2nc(C)cs2)Cc2cncn21.O=C(O)C(F)(F)F. The van der Waals surface area contributed by atoms with Crippen molar-refractivity contribution in [2.75, 3.05) is 26.8 Å². The molecule has 0 saturated carbocycles. The zero-order chi connectivity index (χ0) is 22.3. The Balaban J connectivity index is 0.000000396. The van der Waals surface area contributed by atoms with E-state index in [2.05, 4.69) is 30.1 Å². The van der Waals surface area contributed by atoms with E-state index in [-0.39, 0.29) is 18.6 Å². The Morgan fingerprint density at radius 2 is 2.13 bits per heavy atom. The maximum absolute atomic E-state index is 11.6. The van der Waals surface area contributed by atoms with Crippen molar-refractivity contribution in [2.45, 2.75) is 32.2 Å². The van der Waals surface area contributed by atoms with E-state index in [1.54, 1.807) is 11.3 Å². The lowest BCUT2D eigenvalue weighted by molar-refractivity contribution is -0.192. The maximum Gasteiger partial charge on any atom is 0.490 e. The molecular formula is C17H22F3N5O4S. The molecule has 2 aromatic rings. The predicted octanol–water partition coefficient (Wildman–Crippen LogP) is 1.60. The Labute approximate surface area is 174 Å². The van der Waals surface area contributed by atoms with Gasteiger partial charge in [-0.3, -0.25) is 9.69 Å². The van der Waals surface area contributed by atoms with Crippen molar-refractivity contribution in [3.63, 3.8) is 0 Å².